The summed E-state index contributed by atoms with van der Waals surface area (Å²) >= 11 is 1.27. The fourth-order valence-corrected chi connectivity index (χ4v) is 4.88. The molecule has 7 heteroatoms. The lowest BCUT2D eigenvalue weighted by molar-refractivity contribution is 0.00343. The van der Waals surface area contributed by atoms with Gasteiger partial charge < -0.3 is 4.74 Å². The van der Waals surface area contributed by atoms with E-state index in [4.69, 9.17) is 4.74 Å². The predicted molar refractivity (Wildman–Crippen MR) is 111 cm³/mol. The van der Waals surface area contributed by atoms with Crippen LogP contribution in [0.5, 0.6) is 0 Å². The molecule has 0 bridgehead atoms. The Morgan fingerprint density at radius 1 is 1.20 bits per heavy atom. The van der Waals surface area contributed by atoms with Crippen molar-refractivity contribution in [2.75, 3.05) is 6.61 Å². The third-order valence-corrected chi connectivity index (χ3v) is 6.44. The van der Waals surface area contributed by atoms with Crippen LogP contribution >= 0.6 is 11.8 Å². The summed E-state index contributed by atoms with van der Waals surface area (Å²) in [7, 11) is 1.76. The number of ether oxygens (including phenoxy) is 1. The van der Waals surface area contributed by atoms with E-state index in [-0.39, 0.29) is 11.9 Å². The molecule has 0 N–H and O–H groups in total. The van der Waals surface area contributed by atoms with Crippen molar-refractivity contribution in [1.29, 1.82) is 5.26 Å². The Bertz CT molecular complexity index is 1120. The van der Waals surface area contributed by atoms with E-state index >= 15 is 0 Å². The van der Waals surface area contributed by atoms with E-state index in [2.05, 4.69) is 11.2 Å². The normalized spacial score (nSPS) is 21.4. The van der Waals surface area contributed by atoms with Crippen molar-refractivity contribution in [1.82, 2.24) is 9.78 Å². The zero-order valence-electron chi connectivity index (χ0n) is 16.7. The number of nitriles is 1. The van der Waals surface area contributed by atoms with Crippen LogP contribution in [-0.2, 0) is 17.2 Å². The van der Waals surface area contributed by atoms with Crippen LogP contribution in [-0.4, -0.2) is 22.5 Å². The van der Waals surface area contributed by atoms with Crippen LogP contribution in [0.3, 0.4) is 0 Å². The number of aryl methyl sites for hydroxylation is 1. The van der Waals surface area contributed by atoms with Gasteiger partial charge in [0.1, 0.15) is 11.6 Å². The molecule has 1 fully saturated rings. The summed E-state index contributed by atoms with van der Waals surface area (Å²) in [5.74, 6) is -0.775. The molecule has 0 saturated carbocycles. The van der Waals surface area contributed by atoms with E-state index in [0.717, 1.165) is 0 Å². The summed E-state index contributed by atoms with van der Waals surface area (Å²) in [4.78, 5) is 1.28. The van der Waals surface area contributed by atoms with Gasteiger partial charge in [-0.3, -0.25) is 4.68 Å². The van der Waals surface area contributed by atoms with E-state index in [9.17, 15) is 14.0 Å². The maximum absolute atomic E-state index is 14.7. The van der Waals surface area contributed by atoms with E-state index in [1.807, 2.05) is 13.0 Å². The number of hydrogen-bond acceptors (Lipinski definition) is 4. The molecule has 0 aliphatic carbocycles. The van der Waals surface area contributed by atoms with Gasteiger partial charge in [0, 0.05) is 35.2 Å². The van der Waals surface area contributed by atoms with Crippen LogP contribution in [0.4, 0.5) is 8.78 Å². The molecule has 0 radical (unpaired) electrons. The second-order valence-electron chi connectivity index (χ2n) is 7.59. The second-order valence-corrected chi connectivity index (χ2v) is 8.74. The summed E-state index contributed by atoms with van der Waals surface area (Å²) < 4.78 is 36.3. The van der Waals surface area contributed by atoms with Crippen LogP contribution in [0.25, 0.3) is 11.3 Å². The molecule has 0 unspecified atom stereocenters. The number of rotatable bonds is 4. The molecule has 30 heavy (non-hydrogen) atoms. The van der Waals surface area contributed by atoms with Crippen molar-refractivity contribution in [2.24, 2.45) is 7.05 Å². The lowest BCUT2D eigenvalue weighted by Crippen LogP contribution is -2.36. The Morgan fingerprint density at radius 3 is 2.70 bits per heavy atom. The molecule has 0 amide bonds. The van der Waals surface area contributed by atoms with Gasteiger partial charge in [-0.05, 0) is 67.8 Å². The number of benzene rings is 2. The maximum atomic E-state index is 14.7. The summed E-state index contributed by atoms with van der Waals surface area (Å²) in [5.41, 5.74) is 1.01. The van der Waals surface area contributed by atoms with Crippen molar-refractivity contribution >= 4 is 11.8 Å². The van der Waals surface area contributed by atoms with E-state index in [0.29, 0.717) is 46.1 Å². The first-order valence-electron chi connectivity index (χ1n) is 9.70. The van der Waals surface area contributed by atoms with Crippen molar-refractivity contribution in [3.8, 4) is 17.3 Å². The highest BCUT2D eigenvalue weighted by Crippen LogP contribution is 2.40. The Labute approximate surface area is 178 Å². The van der Waals surface area contributed by atoms with E-state index in [1.165, 1.54) is 30.0 Å². The molecule has 1 aromatic heterocycles. The summed E-state index contributed by atoms with van der Waals surface area (Å²) in [6, 6.07) is 13.8. The zero-order valence-corrected chi connectivity index (χ0v) is 17.5. The van der Waals surface area contributed by atoms with Gasteiger partial charge in [0.05, 0.1) is 23.3 Å². The molecule has 4 rings (SSSR count). The lowest BCUT2D eigenvalue weighted by atomic mass is 9.74. The highest BCUT2D eigenvalue weighted by Gasteiger charge is 2.38. The molecule has 1 aliphatic rings. The Balaban J connectivity index is 1.64. The molecule has 1 saturated heterocycles. The topological polar surface area (TPSA) is 50.8 Å². The largest absolute Gasteiger partial charge is 0.378 e. The molecule has 2 atom stereocenters. The Morgan fingerprint density at radius 2 is 2.03 bits per heavy atom. The third kappa shape index (κ3) is 3.98. The molecule has 2 aromatic carbocycles. The molecule has 0 spiro atoms. The quantitative estimate of drug-likeness (QED) is 0.556. The van der Waals surface area contributed by atoms with Gasteiger partial charge >= 0.3 is 0 Å². The first-order chi connectivity index (χ1) is 14.4. The third-order valence-electron chi connectivity index (χ3n) is 5.48. The lowest BCUT2D eigenvalue weighted by Gasteiger charge is -2.35. The van der Waals surface area contributed by atoms with Gasteiger partial charge in [0.2, 0.25) is 0 Å². The van der Waals surface area contributed by atoms with Crippen LogP contribution in [0.2, 0.25) is 0 Å². The molecule has 2 heterocycles. The smallest absolute Gasteiger partial charge is 0.133 e. The zero-order chi connectivity index (χ0) is 21.3. The minimum Gasteiger partial charge on any atom is -0.378 e. The number of aromatic nitrogens is 2. The molecular weight excluding hydrogens is 404 g/mol. The Hall–Kier alpha value is -2.69. The molecule has 3 aromatic rings. The van der Waals surface area contributed by atoms with E-state index in [1.54, 1.807) is 36.1 Å². The van der Waals surface area contributed by atoms with Crippen molar-refractivity contribution in [2.45, 2.75) is 41.1 Å². The van der Waals surface area contributed by atoms with Gasteiger partial charge in [-0.1, -0.05) is 11.8 Å². The number of nitrogens with zero attached hydrogens (tertiary/aromatic N) is 3. The molecule has 1 aliphatic heterocycles. The van der Waals surface area contributed by atoms with Crippen LogP contribution in [0, 0.1) is 23.0 Å². The number of halogens is 2. The molecule has 4 nitrogen and oxygen atoms in total. The van der Waals surface area contributed by atoms with Crippen molar-refractivity contribution in [3.63, 3.8) is 0 Å². The Kier molecular flexibility index (Phi) is 5.63. The predicted octanol–water partition coefficient (Wildman–Crippen LogP) is 5.48. The molecule has 154 valence electrons. The molecular formula is C23H21F2N3OS. The van der Waals surface area contributed by atoms with Crippen molar-refractivity contribution in [3.05, 3.63) is 65.9 Å². The minimum absolute atomic E-state index is 0.0635. The van der Waals surface area contributed by atoms with Gasteiger partial charge in [-0.25, -0.2) is 8.78 Å². The van der Waals surface area contributed by atoms with Crippen LogP contribution in [0.15, 0.2) is 58.5 Å². The van der Waals surface area contributed by atoms with Crippen LogP contribution in [0.1, 0.15) is 25.3 Å². The monoisotopic (exact) mass is 425 g/mol. The number of hydrogen-bond donors (Lipinski definition) is 0. The second kappa shape index (κ2) is 8.21. The highest BCUT2D eigenvalue weighted by atomic mass is 32.2. The summed E-state index contributed by atoms with van der Waals surface area (Å²) in [6.07, 6.45) is 2.60. The summed E-state index contributed by atoms with van der Waals surface area (Å²) in [6.45, 7) is 2.39. The van der Waals surface area contributed by atoms with E-state index < -0.39 is 11.2 Å². The highest BCUT2D eigenvalue weighted by molar-refractivity contribution is 7.99. The minimum atomic E-state index is -0.774. The SMILES string of the molecule is C[C@H]1C[C@@](C#N)(c2cc(F)cc(Sc3ccc(-c4ccnn4C)c(F)c3)c2)CCO1. The average molecular weight is 426 g/mol. The van der Waals surface area contributed by atoms with Gasteiger partial charge in [0.15, 0.2) is 0 Å². The maximum Gasteiger partial charge on any atom is 0.133 e. The van der Waals surface area contributed by atoms with Gasteiger partial charge in [-0.15, -0.1) is 0 Å². The first kappa shape index (κ1) is 20.6. The first-order valence-corrected chi connectivity index (χ1v) is 10.5. The average Bonchev–Trinajstić information content (AvgIpc) is 3.13. The van der Waals surface area contributed by atoms with Gasteiger partial charge in [0.25, 0.3) is 0 Å². The fourth-order valence-electron chi connectivity index (χ4n) is 3.95. The van der Waals surface area contributed by atoms with Crippen molar-refractivity contribution < 1.29 is 13.5 Å². The summed E-state index contributed by atoms with van der Waals surface area (Å²) in [5, 5.41) is 13.9. The van der Waals surface area contributed by atoms with Crippen LogP contribution < -0.4 is 0 Å². The standard InChI is InChI=1S/C23H21F2N3OS/c1-15-13-23(14-26,6-8-29-15)16-9-17(24)11-19(10-16)30-18-3-4-20(21(25)12-18)22-5-7-27-28(22)2/h3-5,7,9-12,15H,6,8,13H2,1-2H3/t15-,23-/m0/s1. The fraction of sp³-hybridized carbons (Fsp3) is 0.304. The van der Waals surface area contributed by atoms with Gasteiger partial charge in [-0.2, -0.15) is 10.4 Å².